The lowest BCUT2D eigenvalue weighted by atomic mass is 9.66. The molecule has 1 aliphatic carbocycles. The van der Waals surface area contributed by atoms with Crippen molar-refractivity contribution in [2.45, 2.75) is 65.4 Å². The van der Waals surface area contributed by atoms with Crippen molar-refractivity contribution in [3.05, 3.63) is 16.4 Å². The number of hydrogen-bond acceptors (Lipinski definition) is 2. The molecule has 1 saturated carbocycles. The first kappa shape index (κ1) is 15.8. The number of rotatable bonds is 4. The topological polar surface area (TPSA) is 38.0 Å². The van der Waals surface area contributed by atoms with Crippen LogP contribution in [0.4, 0.5) is 0 Å². The van der Waals surface area contributed by atoms with Crippen molar-refractivity contribution in [2.75, 3.05) is 0 Å². The zero-order chi connectivity index (χ0) is 14.9. The highest BCUT2D eigenvalue weighted by molar-refractivity contribution is 6.31. The van der Waals surface area contributed by atoms with Gasteiger partial charge < -0.3 is 5.11 Å². The van der Waals surface area contributed by atoms with Crippen LogP contribution in [0.1, 0.15) is 57.8 Å². The van der Waals surface area contributed by atoms with E-state index in [0.29, 0.717) is 12.3 Å². The molecule has 4 heteroatoms. The summed E-state index contributed by atoms with van der Waals surface area (Å²) < 4.78 is 1.83. The Kier molecular flexibility index (Phi) is 4.80. The van der Waals surface area contributed by atoms with Gasteiger partial charge in [-0.05, 0) is 30.6 Å². The first-order valence-electron chi connectivity index (χ1n) is 7.75. The van der Waals surface area contributed by atoms with Crippen LogP contribution in [-0.4, -0.2) is 21.0 Å². The minimum Gasteiger partial charge on any atom is -0.392 e. The molecule has 3 nitrogen and oxygen atoms in total. The lowest BCUT2D eigenvalue weighted by Crippen LogP contribution is -2.38. The molecule has 1 heterocycles. The summed E-state index contributed by atoms with van der Waals surface area (Å²) in [6.07, 6.45) is 5.93. The van der Waals surface area contributed by atoms with Crippen LogP contribution >= 0.6 is 11.6 Å². The maximum atomic E-state index is 10.7. The second-order valence-corrected chi connectivity index (χ2v) is 7.17. The third kappa shape index (κ3) is 3.04. The molecule has 2 rings (SSSR count). The summed E-state index contributed by atoms with van der Waals surface area (Å²) in [5.41, 5.74) is 2.12. The maximum Gasteiger partial charge on any atom is 0.0850 e. The number of hydrogen-bond donors (Lipinski definition) is 1. The van der Waals surface area contributed by atoms with E-state index in [1.807, 2.05) is 11.7 Å². The van der Waals surface area contributed by atoms with E-state index in [1.54, 1.807) is 0 Å². The van der Waals surface area contributed by atoms with E-state index in [0.717, 1.165) is 29.3 Å². The number of aliphatic hydroxyl groups excluding tert-OH is 1. The van der Waals surface area contributed by atoms with Gasteiger partial charge in [0, 0.05) is 13.5 Å². The molecule has 2 atom stereocenters. The van der Waals surface area contributed by atoms with Gasteiger partial charge in [0.1, 0.15) is 0 Å². The van der Waals surface area contributed by atoms with Crippen molar-refractivity contribution in [1.82, 2.24) is 9.78 Å². The largest absolute Gasteiger partial charge is 0.392 e. The van der Waals surface area contributed by atoms with Gasteiger partial charge in [-0.1, -0.05) is 45.2 Å². The van der Waals surface area contributed by atoms with E-state index >= 15 is 0 Å². The Balaban J connectivity index is 2.15. The summed E-state index contributed by atoms with van der Waals surface area (Å²) in [4.78, 5) is 0. The average Bonchev–Trinajstić information content (AvgIpc) is 2.65. The Bertz CT molecular complexity index is 467. The molecule has 0 saturated heterocycles. The van der Waals surface area contributed by atoms with Crippen LogP contribution in [0.3, 0.4) is 0 Å². The molecule has 0 bridgehead atoms. The van der Waals surface area contributed by atoms with Crippen molar-refractivity contribution in [1.29, 1.82) is 0 Å². The molecule has 2 unspecified atom stereocenters. The van der Waals surface area contributed by atoms with Crippen LogP contribution in [-0.2, 0) is 19.9 Å². The van der Waals surface area contributed by atoms with Gasteiger partial charge in [-0.3, -0.25) is 4.68 Å². The van der Waals surface area contributed by atoms with Crippen LogP contribution in [0.25, 0.3) is 0 Å². The first-order chi connectivity index (χ1) is 9.36. The van der Waals surface area contributed by atoms with Gasteiger partial charge in [0.25, 0.3) is 0 Å². The highest BCUT2D eigenvalue weighted by Crippen LogP contribution is 2.43. The van der Waals surface area contributed by atoms with Crippen molar-refractivity contribution in [3.63, 3.8) is 0 Å². The van der Waals surface area contributed by atoms with Crippen LogP contribution in [0, 0.1) is 11.3 Å². The molecule has 0 aromatic carbocycles. The molecule has 1 aliphatic rings. The van der Waals surface area contributed by atoms with Gasteiger partial charge in [0.15, 0.2) is 0 Å². The van der Waals surface area contributed by atoms with Crippen LogP contribution in [0.2, 0.25) is 5.02 Å². The molecule has 0 radical (unpaired) electrons. The Labute approximate surface area is 127 Å². The van der Waals surface area contributed by atoms with E-state index in [1.165, 1.54) is 19.3 Å². The van der Waals surface area contributed by atoms with E-state index in [2.05, 4.69) is 25.9 Å². The molecular weight excluding hydrogens is 272 g/mol. The smallest absolute Gasteiger partial charge is 0.0850 e. The van der Waals surface area contributed by atoms with E-state index < -0.39 is 0 Å². The Morgan fingerprint density at radius 1 is 1.45 bits per heavy atom. The lowest BCUT2D eigenvalue weighted by molar-refractivity contribution is 0.00488. The lowest BCUT2D eigenvalue weighted by Gasteiger charge is -2.41. The summed E-state index contributed by atoms with van der Waals surface area (Å²) >= 11 is 6.39. The van der Waals surface area contributed by atoms with Crippen molar-refractivity contribution in [3.8, 4) is 0 Å². The van der Waals surface area contributed by atoms with Gasteiger partial charge in [0.2, 0.25) is 0 Å². The molecule has 114 valence electrons. The number of halogens is 1. The minimum atomic E-state index is -0.331. The van der Waals surface area contributed by atoms with Gasteiger partial charge in [-0.15, -0.1) is 0 Å². The third-order valence-electron chi connectivity index (χ3n) is 4.96. The fraction of sp³-hybridized carbons (Fsp3) is 0.812. The number of aryl methyl sites for hydroxylation is 2. The van der Waals surface area contributed by atoms with Gasteiger partial charge in [-0.25, -0.2) is 0 Å². The van der Waals surface area contributed by atoms with Crippen molar-refractivity contribution in [2.24, 2.45) is 18.4 Å². The van der Waals surface area contributed by atoms with E-state index in [9.17, 15) is 5.11 Å². The molecule has 0 spiro atoms. The summed E-state index contributed by atoms with van der Waals surface area (Å²) in [6, 6.07) is 0. The van der Waals surface area contributed by atoms with Crippen molar-refractivity contribution >= 4 is 11.6 Å². The quantitative estimate of drug-likeness (QED) is 0.919. The molecule has 0 aliphatic heterocycles. The van der Waals surface area contributed by atoms with Crippen LogP contribution in [0.15, 0.2) is 0 Å². The summed E-state index contributed by atoms with van der Waals surface area (Å²) in [6.45, 7) is 6.61. The second-order valence-electron chi connectivity index (χ2n) is 6.80. The van der Waals surface area contributed by atoms with Crippen LogP contribution in [0.5, 0.6) is 0 Å². The highest BCUT2D eigenvalue weighted by Gasteiger charge is 2.37. The van der Waals surface area contributed by atoms with Gasteiger partial charge in [-0.2, -0.15) is 5.10 Å². The molecule has 1 fully saturated rings. The fourth-order valence-electron chi connectivity index (χ4n) is 3.62. The normalized spacial score (nSPS) is 23.8. The summed E-state index contributed by atoms with van der Waals surface area (Å²) in [5, 5.41) is 15.9. The standard InChI is InChI=1S/C16H27ClN2O/c1-5-12-15(17)13(19(4)18-12)10-14(20)11-8-6-7-9-16(11,2)3/h11,14,20H,5-10H2,1-4H3. The number of aliphatic hydroxyl groups is 1. The average molecular weight is 299 g/mol. The Morgan fingerprint density at radius 3 is 2.70 bits per heavy atom. The number of nitrogens with zero attached hydrogens (tertiary/aromatic N) is 2. The van der Waals surface area contributed by atoms with E-state index in [-0.39, 0.29) is 11.5 Å². The second kappa shape index (κ2) is 6.07. The zero-order valence-corrected chi connectivity index (χ0v) is 13.9. The molecule has 20 heavy (non-hydrogen) atoms. The SMILES string of the molecule is CCc1nn(C)c(CC(O)C2CCCCC2(C)C)c1Cl. The fourth-order valence-corrected chi connectivity index (χ4v) is 3.99. The molecule has 1 N–H and O–H groups in total. The van der Waals surface area contributed by atoms with Gasteiger partial charge >= 0.3 is 0 Å². The summed E-state index contributed by atoms with van der Waals surface area (Å²) in [5.74, 6) is 0.354. The molecule has 1 aromatic rings. The number of aromatic nitrogens is 2. The van der Waals surface area contributed by atoms with E-state index in [4.69, 9.17) is 11.6 Å². The predicted molar refractivity (Wildman–Crippen MR) is 83.0 cm³/mol. The third-order valence-corrected chi connectivity index (χ3v) is 5.40. The Morgan fingerprint density at radius 2 is 2.15 bits per heavy atom. The molecular formula is C16H27ClN2O. The Hall–Kier alpha value is -0.540. The van der Waals surface area contributed by atoms with Crippen molar-refractivity contribution < 1.29 is 5.11 Å². The zero-order valence-electron chi connectivity index (χ0n) is 13.1. The minimum absolute atomic E-state index is 0.219. The predicted octanol–water partition coefficient (Wildman–Crippen LogP) is 3.76. The van der Waals surface area contributed by atoms with Gasteiger partial charge in [0.05, 0.1) is 22.5 Å². The van der Waals surface area contributed by atoms with Crippen LogP contribution < -0.4 is 0 Å². The molecule has 1 aromatic heterocycles. The first-order valence-corrected chi connectivity index (χ1v) is 8.13. The summed E-state index contributed by atoms with van der Waals surface area (Å²) in [7, 11) is 1.92. The maximum absolute atomic E-state index is 10.7. The highest BCUT2D eigenvalue weighted by atomic mass is 35.5. The monoisotopic (exact) mass is 298 g/mol. The molecule has 0 amide bonds.